The quantitative estimate of drug-likeness (QED) is 0.358. The molecule has 1 amide bonds. The molecule has 0 unspecified atom stereocenters. The number of amides is 1. The summed E-state index contributed by atoms with van der Waals surface area (Å²) in [7, 11) is 0. The number of oxazole rings is 1. The third-order valence-corrected chi connectivity index (χ3v) is 5.55. The predicted octanol–water partition coefficient (Wildman–Crippen LogP) is 6.64. The lowest BCUT2D eigenvalue weighted by molar-refractivity contribution is -0.118. The molecule has 0 bridgehead atoms. The van der Waals surface area contributed by atoms with Gasteiger partial charge in [0.1, 0.15) is 11.3 Å². The Morgan fingerprint density at radius 3 is 2.59 bits per heavy atom. The highest BCUT2D eigenvalue weighted by atomic mass is 16.5. The summed E-state index contributed by atoms with van der Waals surface area (Å²) in [5.41, 5.74) is 6.52. The number of anilines is 1. The Hall–Kier alpha value is -3.60. The zero-order valence-electron chi connectivity index (χ0n) is 18.9. The molecule has 0 aliphatic carbocycles. The first-order valence-electron chi connectivity index (χ1n) is 10.9. The fraction of sp³-hybridized carbons (Fsp3) is 0.259. The molecule has 5 heteroatoms. The summed E-state index contributed by atoms with van der Waals surface area (Å²) < 4.78 is 11.6. The summed E-state index contributed by atoms with van der Waals surface area (Å²) in [5, 5.41) is 2.88. The average molecular weight is 429 g/mol. The van der Waals surface area contributed by atoms with Crippen LogP contribution in [0, 0.1) is 13.8 Å². The third kappa shape index (κ3) is 4.99. The Morgan fingerprint density at radius 2 is 1.84 bits per heavy atom. The van der Waals surface area contributed by atoms with E-state index in [4.69, 9.17) is 9.15 Å². The van der Waals surface area contributed by atoms with Gasteiger partial charge < -0.3 is 14.5 Å². The highest BCUT2D eigenvalue weighted by Crippen LogP contribution is 2.29. The van der Waals surface area contributed by atoms with Crippen molar-refractivity contribution in [3.05, 3.63) is 77.4 Å². The van der Waals surface area contributed by atoms with E-state index in [1.807, 2.05) is 56.3 Å². The van der Waals surface area contributed by atoms with Crippen molar-refractivity contribution in [1.29, 1.82) is 0 Å². The van der Waals surface area contributed by atoms with Crippen LogP contribution in [0.5, 0.6) is 5.75 Å². The number of ether oxygens (including phenoxy) is 1. The van der Waals surface area contributed by atoms with Crippen LogP contribution in [0.15, 0.2) is 65.1 Å². The lowest BCUT2D eigenvalue weighted by atomic mass is 9.98. The fourth-order valence-electron chi connectivity index (χ4n) is 3.70. The first-order valence-corrected chi connectivity index (χ1v) is 10.9. The Labute approximate surface area is 188 Å². The molecule has 32 heavy (non-hydrogen) atoms. The smallest absolute Gasteiger partial charge is 0.262 e. The van der Waals surface area contributed by atoms with Crippen molar-refractivity contribution < 1.29 is 13.9 Å². The van der Waals surface area contributed by atoms with Gasteiger partial charge >= 0.3 is 0 Å². The van der Waals surface area contributed by atoms with Gasteiger partial charge in [-0.15, -0.1) is 0 Å². The average Bonchev–Trinajstić information content (AvgIpc) is 3.20. The predicted molar refractivity (Wildman–Crippen MR) is 128 cm³/mol. The number of hydrogen-bond donors (Lipinski definition) is 1. The van der Waals surface area contributed by atoms with E-state index in [1.165, 1.54) is 5.56 Å². The third-order valence-electron chi connectivity index (χ3n) is 5.55. The van der Waals surface area contributed by atoms with Gasteiger partial charge in [0, 0.05) is 11.3 Å². The van der Waals surface area contributed by atoms with E-state index in [-0.39, 0.29) is 12.5 Å². The second kappa shape index (κ2) is 9.27. The van der Waals surface area contributed by atoms with Gasteiger partial charge in [0.2, 0.25) is 5.89 Å². The normalized spacial score (nSPS) is 12.0. The summed E-state index contributed by atoms with van der Waals surface area (Å²) in [4.78, 5) is 17.1. The van der Waals surface area contributed by atoms with E-state index < -0.39 is 0 Å². The molecule has 0 spiro atoms. The zero-order chi connectivity index (χ0) is 22.7. The van der Waals surface area contributed by atoms with Crippen LogP contribution in [0.4, 0.5) is 5.69 Å². The molecule has 0 saturated carbocycles. The molecule has 1 aromatic heterocycles. The maximum atomic E-state index is 12.4. The molecule has 0 aliphatic heterocycles. The van der Waals surface area contributed by atoms with E-state index in [2.05, 4.69) is 42.3 Å². The number of aromatic nitrogens is 1. The number of fused-ring (bicyclic) bond motifs is 1. The van der Waals surface area contributed by atoms with Crippen molar-refractivity contribution in [2.45, 2.75) is 40.0 Å². The molecular weight excluding hydrogens is 400 g/mol. The molecule has 0 aliphatic rings. The van der Waals surface area contributed by atoms with Crippen molar-refractivity contribution in [3.63, 3.8) is 0 Å². The van der Waals surface area contributed by atoms with E-state index in [1.54, 1.807) is 0 Å². The molecule has 1 N–H and O–H groups in total. The second-order valence-corrected chi connectivity index (χ2v) is 8.30. The van der Waals surface area contributed by atoms with Crippen LogP contribution in [0.2, 0.25) is 0 Å². The molecule has 4 aromatic rings. The number of hydrogen-bond acceptors (Lipinski definition) is 4. The number of carbonyl (C=O) groups is 1. The first kappa shape index (κ1) is 21.6. The number of nitrogens with zero attached hydrogens (tertiary/aromatic N) is 1. The van der Waals surface area contributed by atoms with E-state index >= 15 is 0 Å². The Kier molecular flexibility index (Phi) is 6.26. The molecule has 3 aromatic carbocycles. The maximum Gasteiger partial charge on any atom is 0.262 e. The second-order valence-electron chi connectivity index (χ2n) is 8.30. The van der Waals surface area contributed by atoms with Crippen molar-refractivity contribution in [3.8, 4) is 17.2 Å². The minimum atomic E-state index is -0.225. The largest absolute Gasteiger partial charge is 0.484 e. The molecule has 4 rings (SSSR count). The Balaban J connectivity index is 1.46. The summed E-state index contributed by atoms with van der Waals surface area (Å²) >= 11 is 0. The molecule has 0 fully saturated rings. The number of benzene rings is 3. The zero-order valence-corrected chi connectivity index (χ0v) is 18.9. The Bertz CT molecular complexity index is 1240. The minimum Gasteiger partial charge on any atom is -0.484 e. The van der Waals surface area contributed by atoms with Gasteiger partial charge in [0.25, 0.3) is 5.91 Å². The molecule has 164 valence electrons. The number of nitrogens with one attached hydrogen (secondary N) is 1. The van der Waals surface area contributed by atoms with Crippen LogP contribution in [0.1, 0.15) is 42.9 Å². The van der Waals surface area contributed by atoms with Crippen LogP contribution < -0.4 is 10.1 Å². The van der Waals surface area contributed by atoms with E-state index in [0.29, 0.717) is 23.2 Å². The fourth-order valence-corrected chi connectivity index (χ4v) is 3.70. The molecule has 1 atom stereocenters. The standard InChI is InChI=1S/C27H28N2O3/c1-5-19(4)20-9-10-25-24(15-20)29-27(32-25)21-7-6-8-22(14-21)28-26(30)16-31-23-12-17(2)11-18(3)13-23/h6-15,19H,5,16H2,1-4H3,(H,28,30)/t19-/m1/s1. The first-order chi connectivity index (χ1) is 15.4. The molecular formula is C27H28N2O3. The monoisotopic (exact) mass is 428 g/mol. The SMILES string of the molecule is CC[C@@H](C)c1ccc2oc(-c3cccc(NC(=O)COc4cc(C)cc(C)c4)c3)nc2c1. The summed E-state index contributed by atoms with van der Waals surface area (Å²) in [6.45, 7) is 8.33. The summed E-state index contributed by atoms with van der Waals surface area (Å²) in [6, 6.07) is 19.5. The van der Waals surface area contributed by atoms with Gasteiger partial charge in [0.05, 0.1) is 0 Å². The topological polar surface area (TPSA) is 64.4 Å². The van der Waals surface area contributed by atoms with E-state index in [9.17, 15) is 4.79 Å². The van der Waals surface area contributed by atoms with Gasteiger partial charge in [-0.25, -0.2) is 4.98 Å². The van der Waals surface area contributed by atoms with E-state index in [0.717, 1.165) is 34.2 Å². The minimum absolute atomic E-state index is 0.0611. The summed E-state index contributed by atoms with van der Waals surface area (Å²) in [5.74, 6) is 1.47. The van der Waals surface area contributed by atoms with Crippen LogP contribution in [-0.4, -0.2) is 17.5 Å². The van der Waals surface area contributed by atoms with Crippen LogP contribution in [0.3, 0.4) is 0 Å². The van der Waals surface area contributed by atoms with Crippen molar-refractivity contribution in [1.82, 2.24) is 4.98 Å². The Morgan fingerprint density at radius 1 is 1.06 bits per heavy atom. The van der Waals surface area contributed by atoms with Gasteiger partial charge in [0.15, 0.2) is 12.2 Å². The lowest BCUT2D eigenvalue weighted by Crippen LogP contribution is -2.20. The molecule has 0 saturated heterocycles. The van der Waals surface area contributed by atoms with Crippen LogP contribution in [0.25, 0.3) is 22.6 Å². The van der Waals surface area contributed by atoms with Crippen molar-refractivity contribution in [2.24, 2.45) is 0 Å². The highest BCUT2D eigenvalue weighted by Gasteiger charge is 2.12. The summed E-state index contributed by atoms with van der Waals surface area (Å²) in [6.07, 6.45) is 1.07. The van der Waals surface area contributed by atoms with Crippen LogP contribution >= 0.6 is 0 Å². The van der Waals surface area contributed by atoms with Gasteiger partial charge in [-0.3, -0.25) is 4.79 Å². The number of carbonyl (C=O) groups excluding carboxylic acids is 1. The van der Waals surface area contributed by atoms with Gasteiger partial charge in [-0.2, -0.15) is 0 Å². The molecule has 0 radical (unpaired) electrons. The maximum absolute atomic E-state index is 12.4. The lowest BCUT2D eigenvalue weighted by Gasteiger charge is -2.09. The van der Waals surface area contributed by atoms with Crippen molar-refractivity contribution >= 4 is 22.7 Å². The van der Waals surface area contributed by atoms with Gasteiger partial charge in [-0.1, -0.05) is 32.0 Å². The number of rotatable bonds is 7. The highest BCUT2D eigenvalue weighted by molar-refractivity contribution is 5.92. The molecule has 5 nitrogen and oxygen atoms in total. The number of aryl methyl sites for hydroxylation is 2. The van der Waals surface area contributed by atoms with Crippen molar-refractivity contribution in [2.75, 3.05) is 11.9 Å². The van der Waals surface area contributed by atoms with Gasteiger partial charge in [-0.05, 0) is 85.3 Å². The van der Waals surface area contributed by atoms with Crippen LogP contribution in [-0.2, 0) is 4.79 Å². The molecule has 1 heterocycles.